The van der Waals surface area contributed by atoms with Gasteiger partial charge >= 0.3 is 0 Å². The Morgan fingerprint density at radius 3 is 2.20 bits per heavy atom. The molecule has 1 atom stereocenters. The Morgan fingerprint density at radius 1 is 1.05 bits per heavy atom. The van der Waals surface area contributed by atoms with E-state index in [1.54, 1.807) is 14.2 Å². The molecule has 0 bridgehead atoms. The standard InChI is InChI=1S/C16H25NO3/c1-12(16(18-2)19-3)17-13-8-10-15(11-9-13)20-14-6-4-5-7-14/h8-12,14,16-17H,4-7H2,1-3H3. The van der Waals surface area contributed by atoms with E-state index >= 15 is 0 Å². The summed E-state index contributed by atoms with van der Waals surface area (Å²) in [5.41, 5.74) is 1.04. The van der Waals surface area contributed by atoms with E-state index in [1.165, 1.54) is 25.7 Å². The fourth-order valence-electron chi connectivity index (χ4n) is 2.66. The Morgan fingerprint density at radius 2 is 1.65 bits per heavy atom. The molecule has 0 aromatic heterocycles. The lowest BCUT2D eigenvalue weighted by molar-refractivity contribution is -0.109. The number of ether oxygens (including phenoxy) is 3. The summed E-state index contributed by atoms with van der Waals surface area (Å²) in [6, 6.07) is 8.17. The van der Waals surface area contributed by atoms with E-state index in [0.29, 0.717) is 6.10 Å². The quantitative estimate of drug-likeness (QED) is 0.776. The van der Waals surface area contributed by atoms with Crippen molar-refractivity contribution in [2.45, 2.75) is 51.0 Å². The maximum atomic E-state index is 5.95. The molecule has 1 unspecified atom stereocenters. The molecule has 0 spiro atoms. The highest BCUT2D eigenvalue weighted by Crippen LogP contribution is 2.25. The van der Waals surface area contributed by atoms with Gasteiger partial charge in [-0.25, -0.2) is 0 Å². The van der Waals surface area contributed by atoms with Gasteiger partial charge in [-0.1, -0.05) is 0 Å². The summed E-state index contributed by atoms with van der Waals surface area (Å²) >= 11 is 0. The van der Waals surface area contributed by atoms with E-state index in [0.717, 1.165) is 11.4 Å². The minimum atomic E-state index is -0.260. The van der Waals surface area contributed by atoms with Crippen molar-refractivity contribution in [3.8, 4) is 5.75 Å². The Kier molecular flexibility index (Phi) is 5.68. The van der Waals surface area contributed by atoms with Crippen LogP contribution < -0.4 is 10.1 Å². The Balaban J connectivity index is 1.87. The largest absolute Gasteiger partial charge is 0.490 e. The highest BCUT2D eigenvalue weighted by Gasteiger charge is 2.17. The van der Waals surface area contributed by atoms with Crippen molar-refractivity contribution in [3.05, 3.63) is 24.3 Å². The van der Waals surface area contributed by atoms with Crippen LogP contribution in [-0.2, 0) is 9.47 Å². The predicted molar refractivity (Wildman–Crippen MR) is 80.2 cm³/mol. The van der Waals surface area contributed by atoms with Gasteiger partial charge in [0.1, 0.15) is 5.75 Å². The number of hydrogen-bond donors (Lipinski definition) is 1. The molecule has 1 aromatic rings. The molecule has 1 fully saturated rings. The second-order valence-electron chi connectivity index (χ2n) is 5.32. The number of benzene rings is 1. The summed E-state index contributed by atoms with van der Waals surface area (Å²) in [6.45, 7) is 2.03. The van der Waals surface area contributed by atoms with Crippen molar-refractivity contribution in [2.75, 3.05) is 19.5 Å². The fraction of sp³-hybridized carbons (Fsp3) is 0.625. The van der Waals surface area contributed by atoms with Crippen LogP contribution in [0, 0.1) is 0 Å². The van der Waals surface area contributed by atoms with E-state index in [4.69, 9.17) is 14.2 Å². The van der Waals surface area contributed by atoms with Crippen molar-refractivity contribution in [2.24, 2.45) is 0 Å². The van der Waals surface area contributed by atoms with Crippen molar-refractivity contribution in [1.82, 2.24) is 0 Å². The molecule has 0 heterocycles. The van der Waals surface area contributed by atoms with Gasteiger partial charge in [-0.3, -0.25) is 0 Å². The molecule has 1 aliphatic rings. The van der Waals surface area contributed by atoms with Crippen LogP contribution in [0.4, 0.5) is 5.69 Å². The summed E-state index contributed by atoms with van der Waals surface area (Å²) in [7, 11) is 3.29. The van der Waals surface area contributed by atoms with Crippen molar-refractivity contribution in [3.63, 3.8) is 0 Å². The fourth-order valence-corrected chi connectivity index (χ4v) is 2.66. The maximum absolute atomic E-state index is 5.95. The van der Waals surface area contributed by atoms with Gasteiger partial charge in [-0.05, 0) is 56.9 Å². The summed E-state index contributed by atoms with van der Waals surface area (Å²) < 4.78 is 16.4. The van der Waals surface area contributed by atoms with Crippen LogP contribution in [0.25, 0.3) is 0 Å². The van der Waals surface area contributed by atoms with E-state index < -0.39 is 0 Å². The Labute approximate surface area is 121 Å². The van der Waals surface area contributed by atoms with Crippen LogP contribution in [0.1, 0.15) is 32.6 Å². The van der Waals surface area contributed by atoms with Gasteiger partial charge in [-0.15, -0.1) is 0 Å². The highest BCUT2D eigenvalue weighted by molar-refractivity contribution is 5.47. The molecule has 20 heavy (non-hydrogen) atoms. The lowest BCUT2D eigenvalue weighted by Gasteiger charge is -2.23. The number of methoxy groups -OCH3 is 2. The lowest BCUT2D eigenvalue weighted by Crippen LogP contribution is -2.33. The van der Waals surface area contributed by atoms with Crippen LogP contribution >= 0.6 is 0 Å². The first kappa shape index (κ1) is 15.1. The highest BCUT2D eigenvalue weighted by atomic mass is 16.7. The second kappa shape index (κ2) is 7.50. The van der Waals surface area contributed by atoms with Gasteiger partial charge in [-0.2, -0.15) is 0 Å². The average Bonchev–Trinajstić information content (AvgIpc) is 2.95. The molecule has 0 radical (unpaired) electrons. The SMILES string of the molecule is COC(OC)C(C)Nc1ccc(OC2CCCC2)cc1. The topological polar surface area (TPSA) is 39.7 Å². The van der Waals surface area contributed by atoms with Crippen LogP contribution in [0.5, 0.6) is 5.75 Å². The average molecular weight is 279 g/mol. The summed E-state index contributed by atoms with van der Waals surface area (Å²) in [6.07, 6.45) is 5.08. The minimum Gasteiger partial charge on any atom is -0.490 e. The molecular weight excluding hydrogens is 254 g/mol. The number of rotatable bonds is 7. The second-order valence-corrected chi connectivity index (χ2v) is 5.32. The summed E-state index contributed by atoms with van der Waals surface area (Å²) in [4.78, 5) is 0. The third-order valence-electron chi connectivity index (χ3n) is 3.73. The van der Waals surface area contributed by atoms with Crippen LogP contribution in [-0.4, -0.2) is 32.7 Å². The van der Waals surface area contributed by atoms with E-state index in [1.807, 2.05) is 31.2 Å². The van der Waals surface area contributed by atoms with Gasteiger partial charge in [0.05, 0.1) is 12.1 Å². The van der Waals surface area contributed by atoms with Crippen LogP contribution in [0.3, 0.4) is 0 Å². The molecule has 1 saturated carbocycles. The summed E-state index contributed by atoms with van der Waals surface area (Å²) in [5, 5.41) is 3.36. The first-order valence-electron chi connectivity index (χ1n) is 7.31. The zero-order chi connectivity index (χ0) is 14.4. The molecular formula is C16H25NO3. The smallest absolute Gasteiger partial charge is 0.176 e. The van der Waals surface area contributed by atoms with E-state index in [2.05, 4.69) is 5.32 Å². The minimum absolute atomic E-state index is 0.0756. The molecule has 2 rings (SSSR count). The molecule has 1 N–H and O–H groups in total. The van der Waals surface area contributed by atoms with Crippen molar-refractivity contribution in [1.29, 1.82) is 0 Å². The number of nitrogens with one attached hydrogen (secondary N) is 1. The van der Waals surface area contributed by atoms with Gasteiger partial charge in [0, 0.05) is 19.9 Å². The first-order chi connectivity index (χ1) is 9.72. The number of anilines is 1. The molecule has 0 saturated heterocycles. The lowest BCUT2D eigenvalue weighted by atomic mass is 10.2. The monoisotopic (exact) mass is 279 g/mol. The zero-order valence-corrected chi connectivity index (χ0v) is 12.6. The number of hydrogen-bond acceptors (Lipinski definition) is 4. The third-order valence-corrected chi connectivity index (χ3v) is 3.73. The summed E-state index contributed by atoms with van der Waals surface area (Å²) in [5.74, 6) is 0.949. The molecule has 4 heteroatoms. The van der Waals surface area contributed by atoms with Gasteiger partial charge in [0.25, 0.3) is 0 Å². The van der Waals surface area contributed by atoms with Gasteiger partial charge in [0.15, 0.2) is 6.29 Å². The van der Waals surface area contributed by atoms with Crippen molar-refractivity contribution < 1.29 is 14.2 Å². The predicted octanol–water partition coefficient (Wildman–Crippen LogP) is 3.43. The molecule has 1 aliphatic carbocycles. The zero-order valence-electron chi connectivity index (χ0n) is 12.6. The molecule has 1 aromatic carbocycles. The molecule has 4 nitrogen and oxygen atoms in total. The molecule has 0 aliphatic heterocycles. The van der Waals surface area contributed by atoms with E-state index in [-0.39, 0.29) is 12.3 Å². The first-order valence-corrected chi connectivity index (χ1v) is 7.31. The van der Waals surface area contributed by atoms with Gasteiger partial charge < -0.3 is 19.5 Å². The molecule has 112 valence electrons. The Bertz CT molecular complexity index is 383. The van der Waals surface area contributed by atoms with E-state index in [9.17, 15) is 0 Å². The molecule has 0 amide bonds. The Hall–Kier alpha value is -1.26. The third kappa shape index (κ3) is 4.12. The van der Waals surface area contributed by atoms with Crippen molar-refractivity contribution >= 4 is 5.69 Å². The van der Waals surface area contributed by atoms with Crippen LogP contribution in [0.15, 0.2) is 24.3 Å². The maximum Gasteiger partial charge on any atom is 0.176 e. The van der Waals surface area contributed by atoms with Gasteiger partial charge in [0.2, 0.25) is 0 Å². The van der Waals surface area contributed by atoms with Crippen LogP contribution in [0.2, 0.25) is 0 Å². The normalized spacial score (nSPS) is 17.4.